The van der Waals surface area contributed by atoms with Crippen LogP contribution >= 0.6 is 0 Å². The van der Waals surface area contributed by atoms with E-state index in [0.717, 1.165) is 6.42 Å². The molecule has 0 aliphatic rings. The maximum Gasteiger partial charge on any atom is 0.0552 e. The third-order valence-electron chi connectivity index (χ3n) is 2.29. The van der Waals surface area contributed by atoms with Crippen molar-refractivity contribution >= 4 is 5.69 Å². The largest absolute Gasteiger partial charge is 0.393 e. The average molecular weight is 193 g/mol. The summed E-state index contributed by atoms with van der Waals surface area (Å²) < 4.78 is 0. The SMILES string of the molecule is Cc1ccc(CC(C)O)cc1N(C)C. The molecule has 2 nitrogen and oxygen atoms in total. The summed E-state index contributed by atoms with van der Waals surface area (Å²) in [7, 11) is 4.07. The summed E-state index contributed by atoms with van der Waals surface area (Å²) in [4.78, 5) is 2.10. The van der Waals surface area contributed by atoms with Gasteiger partial charge in [-0.2, -0.15) is 0 Å². The predicted octanol–water partition coefficient (Wildman–Crippen LogP) is 1.98. The monoisotopic (exact) mass is 193 g/mol. The molecule has 0 amide bonds. The standard InChI is InChI=1S/C12H19NO/c1-9-5-6-11(7-10(2)14)8-12(9)13(3)4/h5-6,8,10,14H,7H2,1-4H3. The van der Waals surface area contributed by atoms with E-state index in [9.17, 15) is 5.11 Å². The Hall–Kier alpha value is -1.02. The molecule has 0 fully saturated rings. The molecule has 0 aliphatic carbocycles. The second-order valence-electron chi connectivity index (χ2n) is 4.07. The van der Waals surface area contributed by atoms with Gasteiger partial charge in [-0.3, -0.25) is 0 Å². The first-order valence-electron chi connectivity index (χ1n) is 4.95. The minimum atomic E-state index is -0.271. The molecule has 0 heterocycles. The van der Waals surface area contributed by atoms with Gasteiger partial charge in [0.05, 0.1) is 6.10 Å². The summed E-state index contributed by atoms with van der Waals surface area (Å²) in [6.07, 6.45) is 0.453. The van der Waals surface area contributed by atoms with Crippen LogP contribution in [0.1, 0.15) is 18.1 Å². The van der Waals surface area contributed by atoms with Crippen LogP contribution in [0.4, 0.5) is 5.69 Å². The van der Waals surface area contributed by atoms with Crippen molar-refractivity contribution in [3.8, 4) is 0 Å². The quantitative estimate of drug-likeness (QED) is 0.793. The first-order chi connectivity index (χ1) is 6.50. The first-order valence-corrected chi connectivity index (χ1v) is 4.95. The molecule has 14 heavy (non-hydrogen) atoms. The highest BCUT2D eigenvalue weighted by Crippen LogP contribution is 2.20. The first kappa shape index (κ1) is 11.1. The van der Waals surface area contributed by atoms with E-state index in [1.54, 1.807) is 0 Å². The van der Waals surface area contributed by atoms with E-state index < -0.39 is 0 Å². The van der Waals surface area contributed by atoms with Gasteiger partial charge in [0.2, 0.25) is 0 Å². The van der Waals surface area contributed by atoms with Crippen LogP contribution in [0.2, 0.25) is 0 Å². The molecule has 0 saturated heterocycles. The van der Waals surface area contributed by atoms with E-state index in [-0.39, 0.29) is 6.10 Å². The molecule has 0 spiro atoms. The molecule has 0 bridgehead atoms. The topological polar surface area (TPSA) is 23.5 Å². The molecular formula is C12H19NO. The van der Waals surface area contributed by atoms with Crippen molar-refractivity contribution in [2.24, 2.45) is 0 Å². The van der Waals surface area contributed by atoms with E-state index in [2.05, 4.69) is 30.0 Å². The highest BCUT2D eigenvalue weighted by Gasteiger charge is 2.04. The fraction of sp³-hybridized carbons (Fsp3) is 0.500. The lowest BCUT2D eigenvalue weighted by Gasteiger charge is -2.17. The van der Waals surface area contributed by atoms with Crippen molar-refractivity contribution in [1.82, 2.24) is 0 Å². The molecule has 2 heteroatoms. The summed E-state index contributed by atoms with van der Waals surface area (Å²) >= 11 is 0. The van der Waals surface area contributed by atoms with Crippen LogP contribution in [0.3, 0.4) is 0 Å². The maximum atomic E-state index is 9.29. The van der Waals surface area contributed by atoms with E-state index in [0.29, 0.717) is 0 Å². The Bertz CT molecular complexity index is 305. The number of hydrogen-bond acceptors (Lipinski definition) is 2. The fourth-order valence-corrected chi connectivity index (χ4v) is 1.60. The van der Waals surface area contributed by atoms with Crippen LogP contribution < -0.4 is 4.90 Å². The summed E-state index contributed by atoms with van der Waals surface area (Å²) in [5, 5.41) is 9.29. The number of aliphatic hydroxyl groups is 1. The lowest BCUT2D eigenvalue weighted by molar-refractivity contribution is 0.195. The molecule has 1 aromatic carbocycles. The van der Waals surface area contributed by atoms with Gasteiger partial charge in [-0.25, -0.2) is 0 Å². The summed E-state index contributed by atoms with van der Waals surface area (Å²) in [6, 6.07) is 6.32. The van der Waals surface area contributed by atoms with E-state index in [4.69, 9.17) is 0 Å². The number of benzene rings is 1. The average Bonchev–Trinajstić information content (AvgIpc) is 2.07. The Kier molecular flexibility index (Phi) is 3.53. The number of nitrogens with zero attached hydrogens (tertiary/aromatic N) is 1. The van der Waals surface area contributed by atoms with Gasteiger partial charge in [0.1, 0.15) is 0 Å². The molecule has 1 atom stereocenters. The molecule has 0 radical (unpaired) electrons. The van der Waals surface area contributed by atoms with Crippen LogP contribution in [0, 0.1) is 6.92 Å². The van der Waals surface area contributed by atoms with Gasteiger partial charge in [0, 0.05) is 19.8 Å². The zero-order chi connectivity index (χ0) is 10.7. The number of anilines is 1. The molecule has 1 N–H and O–H groups in total. The zero-order valence-corrected chi connectivity index (χ0v) is 9.41. The highest BCUT2D eigenvalue weighted by molar-refractivity contribution is 5.53. The third-order valence-corrected chi connectivity index (χ3v) is 2.29. The van der Waals surface area contributed by atoms with Crippen LogP contribution in [0.25, 0.3) is 0 Å². The lowest BCUT2D eigenvalue weighted by Crippen LogP contribution is -2.11. The molecule has 0 aliphatic heterocycles. The zero-order valence-electron chi connectivity index (χ0n) is 9.41. The van der Waals surface area contributed by atoms with Gasteiger partial charge in [-0.1, -0.05) is 12.1 Å². The molecule has 0 aromatic heterocycles. The van der Waals surface area contributed by atoms with Crippen molar-refractivity contribution in [1.29, 1.82) is 0 Å². The van der Waals surface area contributed by atoms with Crippen LogP contribution in [0.15, 0.2) is 18.2 Å². The normalized spacial score (nSPS) is 12.6. The van der Waals surface area contributed by atoms with E-state index in [1.165, 1.54) is 16.8 Å². The van der Waals surface area contributed by atoms with Crippen LogP contribution in [0.5, 0.6) is 0 Å². The molecule has 78 valence electrons. The van der Waals surface area contributed by atoms with Crippen LogP contribution in [-0.2, 0) is 6.42 Å². The molecule has 1 aromatic rings. The van der Waals surface area contributed by atoms with Crippen molar-refractivity contribution < 1.29 is 5.11 Å². The highest BCUT2D eigenvalue weighted by atomic mass is 16.3. The van der Waals surface area contributed by atoms with Gasteiger partial charge in [-0.15, -0.1) is 0 Å². The van der Waals surface area contributed by atoms with E-state index >= 15 is 0 Å². The van der Waals surface area contributed by atoms with Gasteiger partial charge < -0.3 is 10.0 Å². The molecular weight excluding hydrogens is 174 g/mol. The number of aryl methyl sites for hydroxylation is 1. The minimum Gasteiger partial charge on any atom is -0.393 e. The Labute approximate surface area is 86.2 Å². The smallest absolute Gasteiger partial charge is 0.0552 e. The predicted molar refractivity (Wildman–Crippen MR) is 60.9 cm³/mol. The number of rotatable bonds is 3. The Morgan fingerprint density at radius 1 is 1.36 bits per heavy atom. The van der Waals surface area contributed by atoms with Gasteiger partial charge in [0.15, 0.2) is 0 Å². The number of aliphatic hydroxyl groups excluding tert-OH is 1. The summed E-state index contributed by atoms with van der Waals surface area (Å²) in [6.45, 7) is 3.91. The second-order valence-corrected chi connectivity index (χ2v) is 4.07. The van der Waals surface area contributed by atoms with Crippen molar-refractivity contribution in [3.05, 3.63) is 29.3 Å². The minimum absolute atomic E-state index is 0.271. The summed E-state index contributed by atoms with van der Waals surface area (Å²) in [5.41, 5.74) is 3.68. The van der Waals surface area contributed by atoms with E-state index in [1.807, 2.05) is 21.0 Å². The Morgan fingerprint density at radius 2 is 2.00 bits per heavy atom. The third kappa shape index (κ3) is 2.74. The van der Waals surface area contributed by atoms with Gasteiger partial charge >= 0.3 is 0 Å². The Morgan fingerprint density at radius 3 is 2.50 bits per heavy atom. The van der Waals surface area contributed by atoms with Crippen molar-refractivity contribution in [2.75, 3.05) is 19.0 Å². The Balaban J connectivity index is 2.94. The molecule has 0 saturated carbocycles. The second kappa shape index (κ2) is 4.47. The van der Waals surface area contributed by atoms with Gasteiger partial charge in [-0.05, 0) is 37.5 Å². The maximum absolute atomic E-state index is 9.29. The fourth-order valence-electron chi connectivity index (χ4n) is 1.60. The van der Waals surface area contributed by atoms with Crippen molar-refractivity contribution in [2.45, 2.75) is 26.4 Å². The number of hydrogen-bond donors (Lipinski definition) is 1. The lowest BCUT2D eigenvalue weighted by atomic mass is 10.0. The van der Waals surface area contributed by atoms with Crippen LogP contribution in [-0.4, -0.2) is 25.3 Å². The molecule has 1 unspecified atom stereocenters. The van der Waals surface area contributed by atoms with Crippen molar-refractivity contribution in [3.63, 3.8) is 0 Å². The molecule has 1 rings (SSSR count). The summed E-state index contributed by atoms with van der Waals surface area (Å²) in [5.74, 6) is 0. The van der Waals surface area contributed by atoms with Gasteiger partial charge in [0.25, 0.3) is 0 Å².